The lowest BCUT2D eigenvalue weighted by molar-refractivity contribution is -0.127. The van der Waals surface area contributed by atoms with Crippen LogP contribution in [0.15, 0.2) is 0 Å². The smallest absolute Gasteiger partial charge is 0.142 e. The zero-order valence-corrected chi connectivity index (χ0v) is 12.2. The molecule has 0 amide bonds. The standard InChI is InChI=1S/C15H28N2O/c1-15(2)7-6-13(14(15)18)12-16(3)10-11-17-8-4-5-9-17/h13H,4-12H2,1-3H3. The van der Waals surface area contributed by atoms with Gasteiger partial charge in [-0.25, -0.2) is 0 Å². The molecule has 18 heavy (non-hydrogen) atoms. The first-order valence-corrected chi connectivity index (χ1v) is 7.44. The molecular weight excluding hydrogens is 224 g/mol. The molecule has 1 heterocycles. The van der Waals surface area contributed by atoms with Crippen LogP contribution in [-0.4, -0.2) is 55.4 Å². The zero-order valence-electron chi connectivity index (χ0n) is 12.2. The van der Waals surface area contributed by atoms with E-state index in [2.05, 4.69) is 30.7 Å². The molecule has 104 valence electrons. The van der Waals surface area contributed by atoms with Gasteiger partial charge in [-0.1, -0.05) is 13.8 Å². The van der Waals surface area contributed by atoms with Crippen molar-refractivity contribution in [3.05, 3.63) is 0 Å². The van der Waals surface area contributed by atoms with E-state index in [1.54, 1.807) is 0 Å². The number of likely N-dealkylation sites (tertiary alicyclic amines) is 1. The number of carbonyl (C=O) groups is 1. The second-order valence-corrected chi connectivity index (χ2v) is 6.79. The predicted octanol–water partition coefficient (Wildman–Crippen LogP) is 2.02. The Bertz CT molecular complexity index is 295. The average molecular weight is 252 g/mol. The molecule has 0 radical (unpaired) electrons. The molecule has 0 spiro atoms. The summed E-state index contributed by atoms with van der Waals surface area (Å²) in [7, 11) is 2.16. The van der Waals surface area contributed by atoms with Crippen molar-refractivity contribution >= 4 is 5.78 Å². The first-order chi connectivity index (χ1) is 8.49. The van der Waals surface area contributed by atoms with Crippen LogP contribution in [0.5, 0.6) is 0 Å². The van der Waals surface area contributed by atoms with Crippen molar-refractivity contribution in [3.8, 4) is 0 Å². The van der Waals surface area contributed by atoms with Crippen molar-refractivity contribution in [1.82, 2.24) is 9.80 Å². The Morgan fingerprint density at radius 3 is 2.56 bits per heavy atom. The summed E-state index contributed by atoms with van der Waals surface area (Å²) >= 11 is 0. The Hall–Kier alpha value is -0.410. The minimum Gasteiger partial charge on any atom is -0.304 e. The second kappa shape index (κ2) is 5.70. The van der Waals surface area contributed by atoms with Gasteiger partial charge in [0.2, 0.25) is 0 Å². The third-order valence-corrected chi connectivity index (χ3v) is 4.68. The third-order valence-electron chi connectivity index (χ3n) is 4.68. The van der Waals surface area contributed by atoms with Crippen molar-refractivity contribution in [2.24, 2.45) is 11.3 Å². The van der Waals surface area contributed by atoms with Gasteiger partial charge in [0.05, 0.1) is 0 Å². The molecule has 1 aliphatic carbocycles. The van der Waals surface area contributed by atoms with Gasteiger partial charge in [-0.05, 0) is 45.8 Å². The highest BCUT2D eigenvalue weighted by atomic mass is 16.1. The van der Waals surface area contributed by atoms with Crippen LogP contribution in [-0.2, 0) is 4.79 Å². The molecule has 2 rings (SSSR count). The maximum absolute atomic E-state index is 12.2. The molecular formula is C15H28N2O. The van der Waals surface area contributed by atoms with Crippen LogP contribution in [0.25, 0.3) is 0 Å². The fourth-order valence-electron chi connectivity index (χ4n) is 3.30. The van der Waals surface area contributed by atoms with Gasteiger partial charge in [0, 0.05) is 31.0 Å². The molecule has 2 aliphatic rings. The topological polar surface area (TPSA) is 23.6 Å². The molecule has 1 unspecified atom stereocenters. The molecule has 1 saturated heterocycles. The fraction of sp³-hybridized carbons (Fsp3) is 0.933. The highest BCUT2D eigenvalue weighted by Gasteiger charge is 2.40. The average Bonchev–Trinajstić information content (AvgIpc) is 2.91. The highest BCUT2D eigenvalue weighted by Crippen LogP contribution is 2.37. The number of hydrogen-bond acceptors (Lipinski definition) is 3. The predicted molar refractivity (Wildman–Crippen MR) is 74.7 cm³/mol. The van der Waals surface area contributed by atoms with E-state index in [0.29, 0.717) is 5.78 Å². The van der Waals surface area contributed by atoms with Crippen LogP contribution in [0, 0.1) is 11.3 Å². The third kappa shape index (κ3) is 3.33. The Morgan fingerprint density at radius 1 is 1.33 bits per heavy atom. The number of ketones is 1. The lowest BCUT2D eigenvalue weighted by Gasteiger charge is -2.24. The summed E-state index contributed by atoms with van der Waals surface area (Å²) in [5.41, 5.74) is -0.0690. The number of Topliss-reactive ketones (excluding diaryl/α,β-unsaturated/α-hetero) is 1. The maximum atomic E-state index is 12.2. The van der Waals surface area contributed by atoms with Gasteiger partial charge in [0.1, 0.15) is 5.78 Å². The number of likely N-dealkylation sites (N-methyl/N-ethyl adjacent to an activating group) is 1. The quantitative estimate of drug-likeness (QED) is 0.748. The van der Waals surface area contributed by atoms with E-state index < -0.39 is 0 Å². The van der Waals surface area contributed by atoms with E-state index in [1.165, 1.54) is 32.5 Å². The van der Waals surface area contributed by atoms with Gasteiger partial charge >= 0.3 is 0 Å². The van der Waals surface area contributed by atoms with Crippen molar-refractivity contribution in [3.63, 3.8) is 0 Å². The Balaban J connectivity index is 1.71. The minimum absolute atomic E-state index is 0.0690. The fourth-order valence-corrected chi connectivity index (χ4v) is 3.30. The van der Waals surface area contributed by atoms with Crippen molar-refractivity contribution in [1.29, 1.82) is 0 Å². The maximum Gasteiger partial charge on any atom is 0.142 e. The van der Waals surface area contributed by atoms with Crippen LogP contribution in [0.1, 0.15) is 39.5 Å². The van der Waals surface area contributed by atoms with Crippen LogP contribution < -0.4 is 0 Å². The number of rotatable bonds is 5. The summed E-state index contributed by atoms with van der Waals surface area (Å²) < 4.78 is 0. The van der Waals surface area contributed by atoms with Crippen molar-refractivity contribution in [2.75, 3.05) is 39.8 Å². The molecule has 1 aliphatic heterocycles. The SMILES string of the molecule is CN(CCN1CCCC1)CC1CCC(C)(C)C1=O. The number of carbonyl (C=O) groups excluding carboxylic acids is 1. The Kier molecular flexibility index (Phi) is 4.44. The van der Waals surface area contributed by atoms with Gasteiger partial charge in [-0.3, -0.25) is 4.79 Å². The molecule has 1 atom stereocenters. The number of hydrogen-bond donors (Lipinski definition) is 0. The zero-order chi connectivity index (χ0) is 13.2. The molecule has 0 N–H and O–H groups in total. The summed E-state index contributed by atoms with van der Waals surface area (Å²) in [5.74, 6) is 0.763. The Morgan fingerprint density at radius 2 is 2.00 bits per heavy atom. The molecule has 3 nitrogen and oxygen atoms in total. The summed E-state index contributed by atoms with van der Waals surface area (Å²) in [6.45, 7) is 9.95. The minimum atomic E-state index is -0.0690. The normalized spacial score (nSPS) is 28.4. The van der Waals surface area contributed by atoms with Crippen LogP contribution in [0.2, 0.25) is 0 Å². The summed E-state index contributed by atoms with van der Waals surface area (Å²) in [6, 6.07) is 0. The molecule has 0 aromatic heterocycles. The van der Waals surface area contributed by atoms with E-state index in [-0.39, 0.29) is 11.3 Å². The molecule has 3 heteroatoms. The van der Waals surface area contributed by atoms with Gasteiger partial charge in [-0.15, -0.1) is 0 Å². The summed E-state index contributed by atoms with van der Waals surface area (Å²) in [5, 5.41) is 0. The first-order valence-electron chi connectivity index (χ1n) is 7.44. The molecule has 1 saturated carbocycles. The monoisotopic (exact) mass is 252 g/mol. The molecule has 0 aromatic rings. The van der Waals surface area contributed by atoms with Gasteiger partial charge in [0.15, 0.2) is 0 Å². The van der Waals surface area contributed by atoms with Crippen molar-refractivity contribution < 1.29 is 4.79 Å². The van der Waals surface area contributed by atoms with E-state index in [9.17, 15) is 4.79 Å². The lowest BCUT2D eigenvalue weighted by Crippen LogP contribution is -2.36. The first kappa shape index (κ1) is 14.0. The second-order valence-electron chi connectivity index (χ2n) is 6.79. The van der Waals surface area contributed by atoms with E-state index in [4.69, 9.17) is 0 Å². The summed E-state index contributed by atoms with van der Waals surface area (Å²) in [4.78, 5) is 17.1. The summed E-state index contributed by atoms with van der Waals surface area (Å²) in [6.07, 6.45) is 4.87. The van der Waals surface area contributed by atoms with Gasteiger partial charge in [-0.2, -0.15) is 0 Å². The molecule has 2 fully saturated rings. The Labute approximate surface area is 112 Å². The van der Waals surface area contributed by atoms with Gasteiger partial charge in [0.25, 0.3) is 0 Å². The van der Waals surface area contributed by atoms with E-state index in [1.807, 2.05) is 0 Å². The highest BCUT2D eigenvalue weighted by molar-refractivity contribution is 5.88. The molecule has 0 bridgehead atoms. The van der Waals surface area contributed by atoms with Crippen LogP contribution >= 0.6 is 0 Å². The van der Waals surface area contributed by atoms with Crippen molar-refractivity contribution in [2.45, 2.75) is 39.5 Å². The molecule has 0 aromatic carbocycles. The largest absolute Gasteiger partial charge is 0.304 e. The van der Waals surface area contributed by atoms with Crippen LogP contribution in [0.4, 0.5) is 0 Å². The van der Waals surface area contributed by atoms with Crippen LogP contribution in [0.3, 0.4) is 0 Å². The van der Waals surface area contributed by atoms with E-state index >= 15 is 0 Å². The number of nitrogens with zero attached hydrogens (tertiary/aromatic N) is 2. The van der Waals surface area contributed by atoms with E-state index in [0.717, 1.165) is 25.9 Å². The van der Waals surface area contributed by atoms with Gasteiger partial charge < -0.3 is 9.80 Å². The lowest BCUT2D eigenvalue weighted by atomic mass is 9.89.